The van der Waals surface area contributed by atoms with E-state index in [1.54, 1.807) is 23.5 Å². The lowest BCUT2D eigenvalue weighted by Crippen LogP contribution is -2.26. The summed E-state index contributed by atoms with van der Waals surface area (Å²) in [4.78, 5) is 24.0. The van der Waals surface area contributed by atoms with Gasteiger partial charge in [0.05, 0.1) is 21.6 Å². The van der Waals surface area contributed by atoms with E-state index in [-0.39, 0.29) is 11.8 Å². The number of non-ortho nitro benzene ring substituents is 1. The van der Waals surface area contributed by atoms with Gasteiger partial charge >= 0.3 is 5.97 Å². The Hall–Kier alpha value is -2.67. The zero-order valence-electron chi connectivity index (χ0n) is 17.3. The minimum atomic E-state index is -0.406. The third-order valence-electron chi connectivity index (χ3n) is 4.80. The van der Waals surface area contributed by atoms with E-state index >= 15 is 0 Å². The van der Waals surface area contributed by atoms with Crippen LogP contribution >= 0.6 is 11.3 Å². The molecule has 7 heteroatoms. The number of fused-ring (bicyclic) bond motifs is 1. The number of nitrogens with zero attached hydrogens (tertiary/aromatic N) is 1. The van der Waals surface area contributed by atoms with Gasteiger partial charge in [0.2, 0.25) is 0 Å². The second-order valence-electron chi connectivity index (χ2n) is 8.00. The zero-order valence-corrected chi connectivity index (χ0v) is 18.1. The summed E-state index contributed by atoms with van der Waals surface area (Å²) in [5.74, 6) is -0.358. The first-order valence-electron chi connectivity index (χ1n) is 9.72. The molecular weight excluding hydrogens is 388 g/mol. The Kier molecular flexibility index (Phi) is 6.07. The molecule has 1 aromatic heterocycles. The molecule has 2 aromatic rings. The summed E-state index contributed by atoms with van der Waals surface area (Å²) < 4.78 is 5.53. The average molecular weight is 415 g/mol. The first kappa shape index (κ1) is 21.0. The number of nitro benzene ring substituents is 1. The maximum absolute atomic E-state index is 13.0. The Balaban J connectivity index is 2.20. The molecule has 0 amide bonds. The molecule has 0 saturated carbocycles. The molecule has 1 aliphatic rings. The quantitative estimate of drug-likeness (QED) is 0.376. The zero-order chi connectivity index (χ0) is 21.3. The van der Waals surface area contributed by atoms with E-state index < -0.39 is 16.8 Å². The summed E-state index contributed by atoms with van der Waals surface area (Å²) in [5, 5.41) is 17.8. The first-order valence-corrected chi connectivity index (χ1v) is 10.6. The van der Waals surface area contributed by atoms with Crippen molar-refractivity contribution >= 4 is 28.0 Å². The largest absolute Gasteiger partial charge is 0.460 e. The molecule has 1 unspecified atom stereocenters. The standard InChI is InChI=1S/C22H26N2O4S/c1-12(2)9-16-11-29-21-20(16)19(15-7-6-8-17(10-15)24(26)27)18(14(5)23-21)22(25)28-13(3)4/h6-8,10-13,19,23H,9H2,1-5H3. The van der Waals surface area contributed by atoms with Crippen LogP contribution in [0.5, 0.6) is 0 Å². The number of allylic oxidation sites excluding steroid dienone is 1. The minimum Gasteiger partial charge on any atom is -0.460 e. The molecule has 1 aliphatic heterocycles. The van der Waals surface area contributed by atoms with E-state index in [1.165, 1.54) is 6.07 Å². The van der Waals surface area contributed by atoms with Gasteiger partial charge in [0, 0.05) is 29.3 Å². The molecule has 3 rings (SSSR count). The number of esters is 1. The fraction of sp³-hybridized carbons (Fsp3) is 0.409. The highest BCUT2D eigenvalue weighted by Gasteiger charge is 2.36. The summed E-state index contributed by atoms with van der Waals surface area (Å²) in [7, 11) is 0. The average Bonchev–Trinajstić information content (AvgIpc) is 3.01. The van der Waals surface area contributed by atoms with Crippen molar-refractivity contribution in [2.45, 2.75) is 53.1 Å². The SMILES string of the molecule is CC1=C(C(=O)OC(C)C)C(c2cccc([N+](=O)[O-])c2)c2c(CC(C)C)csc2N1. The number of ether oxygens (including phenoxy) is 1. The third-order valence-corrected chi connectivity index (χ3v) is 5.76. The highest BCUT2D eigenvalue weighted by molar-refractivity contribution is 7.14. The number of hydrogen-bond acceptors (Lipinski definition) is 6. The van der Waals surface area contributed by atoms with Crippen molar-refractivity contribution in [3.63, 3.8) is 0 Å². The number of carbonyl (C=O) groups excluding carboxylic acids is 1. The van der Waals surface area contributed by atoms with Crippen LogP contribution in [-0.4, -0.2) is 17.0 Å². The van der Waals surface area contributed by atoms with Crippen molar-refractivity contribution in [2.24, 2.45) is 5.92 Å². The number of carbonyl (C=O) groups is 1. The number of nitrogens with one attached hydrogen (secondary N) is 1. The molecule has 0 saturated heterocycles. The van der Waals surface area contributed by atoms with E-state index in [0.717, 1.165) is 33.8 Å². The van der Waals surface area contributed by atoms with Crippen molar-refractivity contribution in [1.29, 1.82) is 0 Å². The lowest BCUT2D eigenvalue weighted by molar-refractivity contribution is -0.384. The van der Waals surface area contributed by atoms with Gasteiger partial charge < -0.3 is 10.1 Å². The topological polar surface area (TPSA) is 81.5 Å². The van der Waals surface area contributed by atoms with Crippen LogP contribution in [0.2, 0.25) is 0 Å². The van der Waals surface area contributed by atoms with Crippen LogP contribution in [-0.2, 0) is 16.0 Å². The predicted octanol–water partition coefficient (Wildman–Crippen LogP) is 5.64. The molecule has 2 heterocycles. The Labute approximate surface area is 174 Å². The van der Waals surface area contributed by atoms with E-state index in [9.17, 15) is 14.9 Å². The summed E-state index contributed by atoms with van der Waals surface area (Å²) in [5.41, 5.74) is 4.14. The lowest BCUT2D eigenvalue weighted by atomic mass is 9.80. The maximum Gasteiger partial charge on any atom is 0.337 e. The molecule has 1 atom stereocenters. The van der Waals surface area contributed by atoms with E-state index in [2.05, 4.69) is 24.5 Å². The number of thiophene rings is 1. The van der Waals surface area contributed by atoms with E-state index in [4.69, 9.17) is 4.74 Å². The summed E-state index contributed by atoms with van der Waals surface area (Å²) in [6.07, 6.45) is 0.609. The molecule has 0 bridgehead atoms. The first-order chi connectivity index (χ1) is 13.7. The molecule has 154 valence electrons. The smallest absolute Gasteiger partial charge is 0.337 e. The summed E-state index contributed by atoms with van der Waals surface area (Å²) >= 11 is 1.60. The monoisotopic (exact) mass is 414 g/mol. The van der Waals surface area contributed by atoms with Crippen LogP contribution < -0.4 is 5.32 Å². The number of benzene rings is 1. The van der Waals surface area contributed by atoms with Crippen LogP contribution in [0.1, 0.15) is 57.2 Å². The van der Waals surface area contributed by atoms with Crippen LogP contribution in [0, 0.1) is 16.0 Å². The van der Waals surface area contributed by atoms with Gasteiger partial charge in [0.1, 0.15) is 0 Å². The molecule has 6 nitrogen and oxygen atoms in total. The Morgan fingerprint density at radius 3 is 2.66 bits per heavy atom. The molecule has 0 aliphatic carbocycles. The van der Waals surface area contributed by atoms with E-state index in [0.29, 0.717) is 11.5 Å². The van der Waals surface area contributed by atoms with Crippen molar-refractivity contribution < 1.29 is 14.5 Å². The van der Waals surface area contributed by atoms with Crippen LogP contribution in [0.4, 0.5) is 10.7 Å². The van der Waals surface area contributed by atoms with Crippen molar-refractivity contribution in [3.05, 3.63) is 67.7 Å². The summed E-state index contributed by atoms with van der Waals surface area (Å²) in [6, 6.07) is 6.55. The molecule has 29 heavy (non-hydrogen) atoms. The molecule has 1 N–H and O–H groups in total. The molecule has 1 aromatic carbocycles. The van der Waals surface area contributed by atoms with Gasteiger partial charge in [0.25, 0.3) is 5.69 Å². The van der Waals surface area contributed by atoms with Gasteiger partial charge in [-0.2, -0.15) is 0 Å². The minimum absolute atomic E-state index is 0.0115. The third kappa shape index (κ3) is 4.34. The van der Waals surface area contributed by atoms with Gasteiger partial charge in [-0.15, -0.1) is 11.3 Å². The number of nitro groups is 1. The van der Waals surface area contributed by atoms with Crippen molar-refractivity contribution in [1.82, 2.24) is 0 Å². The Morgan fingerprint density at radius 2 is 2.03 bits per heavy atom. The highest BCUT2D eigenvalue weighted by Crippen LogP contribution is 2.47. The Morgan fingerprint density at radius 1 is 1.31 bits per heavy atom. The second kappa shape index (κ2) is 8.37. The van der Waals surface area contributed by atoms with Gasteiger partial charge in [-0.3, -0.25) is 10.1 Å². The molecule has 0 fully saturated rings. The number of anilines is 1. The summed E-state index contributed by atoms with van der Waals surface area (Å²) in [6.45, 7) is 9.78. The predicted molar refractivity (Wildman–Crippen MR) is 115 cm³/mol. The van der Waals surface area contributed by atoms with Crippen molar-refractivity contribution in [3.8, 4) is 0 Å². The maximum atomic E-state index is 13.0. The normalized spacial score (nSPS) is 16.0. The number of rotatable bonds is 6. The van der Waals surface area contributed by atoms with Crippen molar-refractivity contribution in [2.75, 3.05) is 5.32 Å². The van der Waals surface area contributed by atoms with Crippen LogP contribution in [0.15, 0.2) is 40.9 Å². The lowest BCUT2D eigenvalue weighted by Gasteiger charge is -2.29. The van der Waals surface area contributed by atoms with Crippen LogP contribution in [0.25, 0.3) is 0 Å². The highest BCUT2D eigenvalue weighted by atomic mass is 32.1. The van der Waals surface area contributed by atoms with Gasteiger partial charge in [-0.1, -0.05) is 26.0 Å². The Bertz CT molecular complexity index is 975. The second-order valence-corrected chi connectivity index (χ2v) is 8.88. The van der Waals surface area contributed by atoms with Gasteiger partial charge in [0.15, 0.2) is 0 Å². The molecular formula is C22H26N2O4S. The van der Waals surface area contributed by atoms with Crippen LogP contribution in [0.3, 0.4) is 0 Å². The van der Waals surface area contributed by atoms with Gasteiger partial charge in [-0.25, -0.2) is 4.79 Å². The van der Waals surface area contributed by atoms with E-state index in [1.807, 2.05) is 26.8 Å². The number of hydrogen-bond donors (Lipinski definition) is 1. The molecule has 0 radical (unpaired) electrons. The molecule has 0 spiro atoms. The fourth-order valence-corrected chi connectivity index (χ4v) is 4.78. The van der Waals surface area contributed by atoms with Gasteiger partial charge in [-0.05, 0) is 49.6 Å². The fourth-order valence-electron chi connectivity index (χ4n) is 3.71.